The summed E-state index contributed by atoms with van der Waals surface area (Å²) in [5, 5.41) is 6.17. The first-order valence-electron chi connectivity index (χ1n) is 5.25. The summed E-state index contributed by atoms with van der Waals surface area (Å²) in [6, 6.07) is 9.52. The first-order valence-corrected chi connectivity index (χ1v) is 5.25. The summed E-state index contributed by atoms with van der Waals surface area (Å²) in [5.41, 5.74) is 1.64. The maximum Gasteiger partial charge on any atom is 0.414 e. The van der Waals surface area contributed by atoms with Crippen molar-refractivity contribution in [2.45, 2.75) is 6.92 Å². The molecule has 1 N–H and O–H groups in total. The Labute approximate surface area is 98.4 Å². The minimum absolute atomic E-state index is 0.287. The molecule has 2 aromatic rings. The van der Waals surface area contributed by atoms with E-state index < -0.39 is 6.09 Å². The van der Waals surface area contributed by atoms with Gasteiger partial charge >= 0.3 is 6.09 Å². The number of carbonyl (C=O) groups is 1. The fourth-order valence-corrected chi connectivity index (χ4v) is 1.41. The molecule has 1 aromatic heterocycles. The highest BCUT2D eigenvalue weighted by Gasteiger charge is 2.13. The number of carbonyl (C=O) groups excluding carboxylic acids is 1. The van der Waals surface area contributed by atoms with Gasteiger partial charge in [-0.15, -0.1) is 0 Å². The summed E-state index contributed by atoms with van der Waals surface area (Å²) in [5.74, 6) is 0.287. The second-order valence-corrected chi connectivity index (χ2v) is 3.28. The fraction of sp³-hybridized carbons (Fsp3) is 0.167. The van der Waals surface area contributed by atoms with E-state index in [4.69, 9.17) is 9.26 Å². The Hall–Kier alpha value is -2.30. The number of anilines is 1. The average Bonchev–Trinajstić information content (AvgIpc) is 2.78. The van der Waals surface area contributed by atoms with E-state index in [1.807, 2.05) is 30.3 Å². The van der Waals surface area contributed by atoms with Crippen molar-refractivity contribution >= 4 is 12.0 Å². The van der Waals surface area contributed by atoms with Gasteiger partial charge in [-0.2, -0.15) is 0 Å². The molecule has 17 heavy (non-hydrogen) atoms. The molecular weight excluding hydrogens is 220 g/mol. The van der Waals surface area contributed by atoms with Crippen LogP contribution in [0, 0.1) is 0 Å². The van der Waals surface area contributed by atoms with E-state index in [0.717, 1.165) is 11.1 Å². The van der Waals surface area contributed by atoms with Crippen LogP contribution in [0.1, 0.15) is 6.92 Å². The molecular formula is C12H12N2O3. The summed E-state index contributed by atoms with van der Waals surface area (Å²) in [6.45, 7) is 2.04. The molecule has 0 aliphatic heterocycles. The fourth-order valence-electron chi connectivity index (χ4n) is 1.41. The van der Waals surface area contributed by atoms with E-state index in [9.17, 15) is 4.79 Å². The number of hydrogen-bond donors (Lipinski definition) is 1. The molecule has 88 valence electrons. The second-order valence-electron chi connectivity index (χ2n) is 3.28. The Morgan fingerprint density at radius 3 is 2.88 bits per heavy atom. The van der Waals surface area contributed by atoms with Crippen LogP contribution in [0.15, 0.2) is 41.1 Å². The molecule has 1 amide bonds. The molecule has 0 saturated heterocycles. The van der Waals surface area contributed by atoms with E-state index in [0.29, 0.717) is 6.61 Å². The Kier molecular flexibility index (Phi) is 3.40. The van der Waals surface area contributed by atoms with Gasteiger partial charge < -0.3 is 9.26 Å². The van der Waals surface area contributed by atoms with Crippen LogP contribution in [0.5, 0.6) is 0 Å². The summed E-state index contributed by atoms with van der Waals surface area (Å²) < 4.78 is 9.74. The second kappa shape index (κ2) is 5.16. The topological polar surface area (TPSA) is 64.4 Å². The average molecular weight is 232 g/mol. The van der Waals surface area contributed by atoms with Crippen molar-refractivity contribution in [3.05, 3.63) is 36.5 Å². The van der Waals surface area contributed by atoms with Crippen LogP contribution in [0.25, 0.3) is 11.1 Å². The maximum absolute atomic E-state index is 11.3. The summed E-state index contributed by atoms with van der Waals surface area (Å²) in [6.07, 6.45) is 0.998. The molecule has 5 nitrogen and oxygen atoms in total. The Morgan fingerprint density at radius 2 is 2.18 bits per heavy atom. The van der Waals surface area contributed by atoms with Crippen LogP contribution in [0.2, 0.25) is 0 Å². The van der Waals surface area contributed by atoms with Crippen LogP contribution in [-0.2, 0) is 4.74 Å². The molecule has 0 aliphatic rings. The smallest absolute Gasteiger partial charge is 0.414 e. The highest BCUT2D eigenvalue weighted by atomic mass is 16.6. The van der Waals surface area contributed by atoms with E-state index in [-0.39, 0.29) is 5.88 Å². The number of ether oxygens (including phenoxy) is 1. The molecule has 0 atom stereocenters. The van der Waals surface area contributed by atoms with Crippen molar-refractivity contribution in [3.8, 4) is 11.1 Å². The van der Waals surface area contributed by atoms with Crippen molar-refractivity contribution in [1.82, 2.24) is 5.16 Å². The molecule has 2 rings (SSSR count). The zero-order chi connectivity index (χ0) is 12.1. The van der Waals surface area contributed by atoms with E-state index in [1.54, 1.807) is 13.1 Å². The van der Waals surface area contributed by atoms with Gasteiger partial charge in [-0.25, -0.2) is 4.79 Å². The monoisotopic (exact) mass is 232 g/mol. The molecule has 1 aromatic carbocycles. The summed E-state index contributed by atoms with van der Waals surface area (Å²) >= 11 is 0. The molecule has 0 bridgehead atoms. The van der Waals surface area contributed by atoms with Crippen molar-refractivity contribution in [3.63, 3.8) is 0 Å². The molecule has 5 heteroatoms. The van der Waals surface area contributed by atoms with Gasteiger partial charge in [0.05, 0.1) is 18.4 Å². The summed E-state index contributed by atoms with van der Waals surface area (Å²) in [7, 11) is 0. The minimum Gasteiger partial charge on any atom is -0.450 e. The number of rotatable bonds is 3. The number of hydrogen-bond acceptors (Lipinski definition) is 4. The normalized spacial score (nSPS) is 9.94. The third kappa shape index (κ3) is 2.63. The predicted octanol–water partition coefficient (Wildman–Crippen LogP) is 2.91. The van der Waals surface area contributed by atoms with Gasteiger partial charge in [0.15, 0.2) is 0 Å². The highest BCUT2D eigenvalue weighted by Crippen LogP contribution is 2.27. The lowest BCUT2D eigenvalue weighted by Gasteiger charge is -2.03. The quantitative estimate of drug-likeness (QED) is 0.883. The van der Waals surface area contributed by atoms with E-state index in [1.165, 1.54) is 0 Å². The van der Waals surface area contributed by atoms with Gasteiger partial charge in [0.25, 0.3) is 0 Å². The lowest BCUT2D eigenvalue weighted by molar-refractivity contribution is 0.167. The van der Waals surface area contributed by atoms with Crippen molar-refractivity contribution in [2.24, 2.45) is 0 Å². The largest absolute Gasteiger partial charge is 0.450 e. The number of benzene rings is 1. The lowest BCUT2D eigenvalue weighted by atomic mass is 10.1. The van der Waals surface area contributed by atoms with Crippen molar-refractivity contribution in [2.75, 3.05) is 11.9 Å². The number of amides is 1. The number of aromatic nitrogens is 1. The third-order valence-electron chi connectivity index (χ3n) is 2.15. The minimum atomic E-state index is -0.554. The zero-order valence-electron chi connectivity index (χ0n) is 9.34. The molecule has 1 heterocycles. The van der Waals surface area contributed by atoms with Crippen LogP contribution in [0.4, 0.5) is 10.7 Å². The van der Waals surface area contributed by atoms with Crippen LogP contribution >= 0.6 is 0 Å². The molecule has 0 spiro atoms. The Morgan fingerprint density at radius 1 is 1.41 bits per heavy atom. The van der Waals surface area contributed by atoms with Crippen molar-refractivity contribution < 1.29 is 14.1 Å². The van der Waals surface area contributed by atoms with Gasteiger partial charge in [0.1, 0.15) is 0 Å². The maximum atomic E-state index is 11.3. The van der Waals surface area contributed by atoms with Crippen LogP contribution < -0.4 is 5.32 Å². The first kappa shape index (κ1) is 11.2. The lowest BCUT2D eigenvalue weighted by Crippen LogP contribution is -2.13. The van der Waals surface area contributed by atoms with Crippen LogP contribution in [-0.4, -0.2) is 17.9 Å². The molecule has 0 fully saturated rings. The molecule has 0 radical (unpaired) electrons. The summed E-state index contributed by atoms with van der Waals surface area (Å²) in [4.78, 5) is 11.3. The number of nitrogens with zero attached hydrogens (tertiary/aromatic N) is 1. The van der Waals surface area contributed by atoms with Crippen LogP contribution in [0.3, 0.4) is 0 Å². The molecule has 0 unspecified atom stereocenters. The SMILES string of the molecule is CCOC(=O)Nc1oncc1-c1ccccc1. The molecule has 0 aliphatic carbocycles. The number of nitrogens with one attached hydrogen (secondary N) is 1. The van der Waals surface area contributed by atoms with Gasteiger partial charge in [0, 0.05) is 0 Å². The zero-order valence-corrected chi connectivity index (χ0v) is 9.34. The van der Waals surface area contributed by atoms with E-state index in [2.05, 4.69) is 10.5 Å². The highest BCUT2D eigenvalue weighted by molar-refractivity contribution is 5.88. The Balaban J connectivity index is 2.20. The van der Waals surface area contributed by atoms with Gasteiger partial charge in [-0.3, -0.25) is 5.32 Å². The first-order chi connectivity index (χ1) is 8.31. The standard InChI is InChI=1S/C12H12N2O3/c1-2-16-12(15)14-11-10(8-13-17-11)9-6-4-3-5-7-9/h3-8H,2H2,1H3,(H,14,15). The predicted molar refractivity (Wildman–Crippen MR) is 62.6 cm³/mol. The van der Waals surface area contributed by atoms with Gasteiger partial charge in [-0.1, -0.05) is 35.5 Å². The van der Waals surface area contributed by atoms with E-state index >= 15 is 0 Å². The third-order valence-corrected chi connectivity index (χ3v) is 2.15. The Bertz CT molecular complexity index is 493. The van der Waals surface area contributed by atoms with Crippen molar-refractivity contribution in [1.29, 1.82) is 0 Å². The van der Waals surface area contributed by atoms with Gasteiger partial charge in [0.2, 0.25) is 5.88 Å². The van der Waals surface area contributed by atoms with Gasteiger partial charge in [-0.05, 0) is 12.5 Å². The molecule has 0 saturated carbocycles.